The molecule has 100 valence electrons. The Hall–Kier alpha value is -1.12. The van der Waals surface area contributed by atoms with Crippen LogP contribution in [0.25, 0.3) is 0 Å². The zero-order chi connectivity index (χ0) is 13.3. The van der Waals surface area contributed by atoms with Gasteiger partial charge in [-0.15, -0.1) is 0 Å². The molecule has 0 amide bonds. The summed E-state index contributed by atoms with van der Waals surface area (Å²) in [5.41, 5.74) is 6.47. The molecule has 8 heteroatoms. The van der Waals surface area contributed by atoms with Gasteiger partial charge in [0.2, 0.25) is 10.0 Å². The van der Waals surface area contributed by atoms with Gasteiger partial charge < -0.3 is 10.6 Å². The maximum absolute atomic E-state index is 11.5. The average molecular weight is 289 g/mol. The van der Waals surface area contributed by atoms with Crippen LogP contribution in [-0.4, -0.2) is 37.2 Å². The fraction of sp³-hybridized carbons (Fsp3) is 0.400. The lowest BCUT2D eigenvalue weighted by atomic mass is 10.2. The molecular formula is C10H15N3O3S2. The van der Waals surface area contributed by atoms with Gasteiger partial charge in [0.15, 0.2) is 0 Å². The third-order valence-corrected chi connectivity index (χ3v) is 5.02. The van der Waals surface area contributed by atoms with Gasteiger partial charge in [-0.2, -0.15) is 0 Å². The van der Waals surface area contributed by atoms with E-state index in [9.17, 15) is 12.6 Å². The van der Waals surface area contributed by atoms with Crippen molar-refractivity contribution in [3.05, 3.63) is 18.2 Å². The minimum Gasteiger partial charge on any atom is -0.399 e. The van der Waals surface area contributed by atoms with Crippen LogP contribution in [0.2, 0.25) is 0 Å². The molecule has 1 aliphatic rings. The van der Waals surface area contributed by atoms with Crippen LogP contribution in [0.5, 0.6) is 0 Å². The molecule has 0 aromatic heterocycles. The Bertz CT molecular complexity index is 576. The molecule has 4 N–H and O–H groups in total. The van der Waals surface area contributed by atoms with E-state index in [2.05, 4.69) is 0 Å². The summed E-state index contributed by atoms with van der Waals surface area (Å²) in [5, 5.41) is 5.19. The van der Waals surface area contributed by atoms with Crippen LogP contribution < -0.4 is 15.8 Å². The Morgan fingerprint density at radius 3 is 2.39 bits per heavy atom. The van der Waals surface area contributed by atoms with E-state index in [4.69, 9.17) is 10.9 Å². The van der Waals surface area contributed by atoms with E-state index in [0.717, 1.165) is 0 Å². The van der Waals surface area contributed by atoms with Crippen molar-refractivity contribution < 1.29 is 12.6 Å². The van der Waals surface area contributed by atoms with Crippen LogP contribution in [0, 0.1) is 0 Å². The number of nitrogens with zero attached hydrogens (tertiary/aromatic N) is 1. The predicted octanol–water partition coefficient (Wildman–Crippen LogP) is -0.515. The van der Waals surface area contributed by atoms with Gasteiger partial charge >= 0.3 is 0 Å². The highest BCUT2D eigenvalue weighted by molar-refractivity contribution is 7.89. The molecule has 0 aliphatic carbocycles. The molecule has 18 heavy (non-hydrogen) atoms. The Kier molecular flexibility index (Phi) is 3.60. The number of nitrogens with two attached hydrogens (primary N) is 2. The van der Waals surface area contributed by atoms with Crippen molar-refractivity contribution >= 4 is 32.2 Å². The summed E-state index contributed by atoms with van der Waals surface area (Å²) in [7, 11) is -4.63. The zero-order valence-corrected chi connectivity index (χ0v) is 11.3. The maximum atomic E-state index is 11.5. The summed E-state index contributed by atoms with van der Waals surface area (Å²) in [6, 6.07) is 4.63. The van der Waals surface area contributed by atoms with Crippen molar-refractivity contribution in [2.24, 2.45) is 5.14 Å². The first-order valence-electron chi connectivity index (χ1n) is 5.40. The highest BCUT2D eigenvalue weighted by Gasteiger charge is 2.22. The Morgan fingerprint density at radius 1 is 1.22 bits per heavy atom. The lowest BCUT2D eigenvalue weighted by Gasteiger charge is -2.29. The van der Waals surface area contributed by atoms with Gasteiger partial charge in [-0.05, 0) is 18.2 Å². The number of benzene rings is 1. The highest BCUT2D eigenvalue weighted by Crippen LogP contribution is 2.27. The number of hydrogen-bond acceptors (Lipinski definition) is 5. The molecule has 0 radical (unpaired) electrons. The minimum atomic E-state index is -3.82. The fourth-order valence-corrected chi connectivity index (χ4v) is 3.74. The van der Waals surface area contributed by atoms with Gasteiger partial charge in [0.05, 0.1) is 5.69 Å². The second kappa shape index (κ2) is 4.87. The predicted molar refractivity (Wildman–Crippen MR) is 72.3 cm³/mol. The van der Waals surface area contributed by atoms with Gasteiger partial charge in [0, 0.05) is 41.1 Å². The van der Waals surface area contributed by atoms with Crippen molar-refractivity contribution in [2.45, 2.75) is 4.90 Å². The molecule has 1 aromatic carbocycles. The first-order chi connectivity index (χ1) is 8.38. The normalized spacial score (nSPS) is 17.9. The van der Waals surface area contributed by atoms with Crippen LogP contribution in [0.1, 0.15) is 0 Å². The maximum Gasteiger partial charge on any atom is 0.240 e. The number of sulfonamides is 1. The van der Waals surface area contributed by atoms with Crippen LogP contribution in [0.4, 0.5) is 11.4 Å². The van der Waals surface area contributed by atoms with E-state index in [1.807, 2.05) is 4.90 Å². The molecule has 1 fully saturated rings. The number of anilines is 2. The summed E-state index contributed by atoms with van der Waals surface area (Å²) >= 11 is 0. The lowest BCUT2D eigenvalue weighted by molar-refractivity contribution is 0.597. The largest absolute Gasteiger partial charge is 0.399 e. The molecule has 0 saturated carbocycles. The molecule has 0 bridgehead atoms. The van der Waals surface area contributed by atoms with Crippen molar-refractivity contribution in [1.82, 2.24) is 0 Å². The van der Waals surface area contributed by atoms with E-state index >= 15 is 0 Å². The third kappa shape index (κ3) is 2.82. The highest BCUT2D eigenvalue weighted by atomic mass is 32.2. The van der Waals surface area contributed by atoms with Crippen molar-refractivity contribution in [3.8, 4) is 0 Å². The van der Waals surface area contributed by atoms with E-state index in [0.29, 0.717) is 36.0 Å². The van der Waals surface area contributed by atoms with Crippen LogP contribution in [-0.2, 0) is 20.8 Å². The molecule has 0 unspecified atom stereocenters. The molecule has 1 heterocycles. The Balaban J connectivity index is 2.41. The first kappa shape index (κ1) is 13.3. The summed E-state index contributed by atoms with van der Waals surface area (Å²) in [5.74, 6) is 1.07. The van der Waals surface area contributed by atoms with E-state index in [-0.39, 0.29) is 4.90 Å². The topological polar surface area (TPSA) is 106 Å². The van der Waals surface area contributed by atoms with Crippen LogP contribution in [0.15, 0.2) is 23.1 Å². The third-order valence-electron chi connectivity index (χ3n) is 2.81. The average Bonchev–Trinajstić information content (AvgIpc) is 2.29. The number of nitrogen functional groups attached to an aromatic ring is 1. The Morgan fingerprint density at radius 2 is 1.83 bits per heavy atom. The zero-order valence-electron chi connectivity index (χ0n) is 9.70. The van der Waals surface area contributed by atoms with Crippen molar-refractivity contribution in [3.63, 3.8) is 0 Å². The molecule has 1 aliphatic heterocycles. The van der Waals surface area contributed by atoms with Gasteiger partial charge in [-0.25, -0.2) is 13.6 Å². The van der Waals surface area contributed by atoms with Crippen molar-refractivity contribution in [1.29, 1.82) is 0 Å². The fourth-order valence-electron chi connectivity index (χ4n) is 1.90. The van der Waals surface area contributed by atoms with Gasteiger partial charge in [-0.3, -0.25) is 4.21 Å². The molecule has 1 saturated heterocycles. The summed E-state index contributed by atoms with van der Waals surface area (Å²) < 4.78 is 34.4. The molecule has 6 nitrogen and oxygen atoms in total. The van der Waals surface area contributed by atoms with Gasteiger partial charge in [0.1, 0.15) is 4.90 Å². The van der Waals surface area contributed by atoms with Crippen LogP contribution >= 0.6 is 0 Å². The lowest BCUT2D eigenvalue weighted by Crippen LogP contribution is -2.38. The second-order valence-corrected chi connectivity index (χ2v) is 7.33. The number of hydrogen-bond donors (Lipinski definition) is 2. The minimum absolute atomic E-state index is 0.0233. The summed E-state index contributed by atoms with van der Waals surface area (Å²) in [6.07, 6.45) is 0. The monoisotopic (exact) mass is 289 g/mol. The smallest absolute Gasteiger partial charge is 0.240 e. The van der Waals surface area contributed by atoms with E-state index in [1.54, 1.807) is 12.1 Å². The number of primary sulfonamides is 1. The van der Waals surface area contributed by atoms with Crippen LogP contribution in [0.3, 0.4) is 0 Å². The molecule has 2 rings (SSSR count). The summed E-state index contributed by atoms with van der Waals surface area (Å²) in [6.45, 7) is 1.11. The standard InChI is InChI=1S/C10H15N3O3S2/c11-8-1-2-9(10(7-8)18(12,15)16)13-3-5-17(14)6-4-13/h1-2,7H,3-6,11H2,(H2,12,15,16). The molecule has 0 spiro atoms. The second-order valence-electron chi connectivity index (χ2n) is 4.11. The first-order valence-corrected chi connectivity index (χ1v) is 8.43. The van der Waals surface area contributed by atoms with E-state index in [1.165, 1.54) is 6.07 Å². The number of rotatable bonds is 2. The molecule has 1 aromatic rings. The SMILES string of the molecule is Nc1ccc(N2CCS(=O)CC2)c(S(N)(=O)=O)c1. The summed E-state index contributed by atoms with van der Waals surface area (Å²) in [4.78, 5) is 1.90. The quantitative estimate of drug-likeness (QED) is 0.713. The van der Waals surface area contributed by atoms with E-state index < -0.39 is 20.8 Å². The Labute approximate surface area is 108 Å². The molecule has 0 atom stereocenters. The molecular weight excluding hydrogens is 274 g/mol. The van der Waals surface area contributed by atoms with Gasteiger partial charge in [-0.1, -0.05) is 0 Å². The van der Waals surface area contributed by atoms with Crippen molar-refractivity contribution in [2.75, 3.05) is 35.2 Å². The van der Waals surface area contributed by atoms with Gasteiger partial charge in [0.25, 0.3) is 0 Å².